The highest BCUT2D eigenvalue weighted by Crippen LogP contribution is 2.28. The van der Waals surface area contributed by atoms with E-state index >= 15 is 0 Å². The van der Waals surface area contributed by atoms with Gasteiger partial charge in [-0.2, -0.15) is 9.67 Å². The lowest BCUT2D eigenvalue weighted by atomic mass is 10.1. The molecule has 0 atom stereocenters. The van der Waals surface area contributed by atoms with Gasteiger partial charge in [0.25, 0.3) is 5.91 Å². The number of hydrogen-bond donors (Lipinski definition) is 1. The zero-order chi connectivity index (χ0) is 24.1. The Kier molecular flexibility index (Phi) is 7.13. The molecule has 4 aromatic rings. The van der Waals surface area contributed by atoms with Gasteiger partial charge in [0.2, 0.25) is 5.95 Å². The van der Waals surface area contributed by atoms with Crippen LogP contribution < -0.4 is 14.8 Å². The first kappa shape index (κ1) is 23.3. The van der Waals surface area contributed by atoms with Gasteiger partial charge in [0.1, 0.15) is 0 Å². The molecule has 0 fully saturated rings. The quantitative estimate of drug-likeness (QED) is 0.366. The number of anilines is 1. The average molecular weight is 477 g/mol. The third-order valence-corrected chi connectivity index (χ3v) is 5.72. The maximum atomic E-state index is 13.3. The number of rotatable bonds is 8. The largest absolute Gasteiger partial charge is 0.493 e. The minimum Gasteiger partial charge on any atom is -0.493 e. The maximum absolute atomic E-state index is 13.3. The van der Waals surface area contributed by atoms with Crippen LogP contribution in [0.25, 0.3) is 11.4 Å². The number of benzene rings is 3. The molecule has 174 valence electrons. The summed E-state index contributed by atoms with van der Waals surface area (Å²) in [6.07, 6.45) is 0.109. The molecule has 0 aliphatic rings. The Morgan fingerprint density at radius 1 is 1.00 bits per heavy atom. The van der Waals surface area contributed by atoms with E-state index in [2.05, 4.69) is 15.4 Å². The minimum absolute atomic E-state index is 0.109. The van der Waals surface area contributed by atoms with Crippen molar-refractivity contribution in [3.63, 3.8) is 0 Å². The molecule has 0 amide bonds. The lowest BCUT2D eigenvalue weighted by Gasteiger charge is -2.10. The summed E-state index contributed by atoms with van der Waals surface area (Å²) < 4.78 is 12.0. The Bertz CT molecular complexity index is 1300. The van der Waals surface area contributed by atoms with Crippen molar-refractivity contribution in [1.29, 1.82) is 0 Å². The highest BCUT2D eigenvalue weighted by atomic mass is 35.5. The summed E-state index contributed by atoms with van der Waals surface area (Å²) in [5.41, 5.74) is 3.61. The Hall–Kier alpha value is -3.84. The van der Waals surface area contributed by atoms with Crippen LogP contribution in [0.2, 0.25) is 5.02 Å². The van der Waals surface area contributed by atoms with Gasteiger partial charge in [0, 0.05) is 17.1 Å². The van der Waals surface area contributed by atoms with Crippen molar-refractivity contribution in [2.45, 2.75) is 19.9 Å². The summed E-state index contributed by atoms with van der Waals surface area (Å²) >= 11 is 6.30. The van der Waals surface area contributed by atoms with Crippen LogP contribution in [0.4, 0.5) is 5.95 Å². The molecule has 0 unspecified atom stereocenters. The normalized spacial score (nSPS) is 10.7. The van der Waals surface area contributed by atoms with E-state index in [4.69, 9.17) is 21.1 Å². The number of halogens is 1. The summed E-state index contributed by atoms with van der Waals surface area (Å²) in [4.78, 5) is 17.9. The van der Waals surface area contributed by atoms with Gasteiger partial charge >= 0.3 is 0 Å². The lowest BCUT2D eigenvalue weighted by Crippen LogP contribution is -2.18. The van der Waals surface area contributed by atoms with E-state index in [9.17, 15) is 4.79 Å². The van der Waals surface area contributed by atoms with Crippen LogP contribution in [-0.4, -0.2) is 34.9 Å². The van der Waals surface area contributed by atoms with Gasteiger partial charge in [-0.3, -0.25) is 4.79 Å². The average Bonchev–Trinajstić information content (AvgIpc) is 3.28. The second-order valence-corrected chi connectivity index (χ2v) is 8.15. The first-order valence-electron chi connectivity index (χ1n) is 10.7. The number of aryl methyl sites for hydroxylation is 1. The van der Waals surface area contributed by atoms with Crippen LogP contribution in [0.15, 0.2) is 66.7 Å². The number of nitrogens with zero attached hydrogens (tertiary/aromatic N) is 3. The number of ether oxygens (including phenoxy) is 2. The lowest BCUT2D eigenvalue weighted by molar-refractivity contribution is 0.0901. The van der Waals surface area contributed by atoms with Crippen LogP contribution in [0.3, 0.4) is 0 Å². The van der Waals surface area contributed by atoms with Crippen LogP contribution in [-0.2, 0) is 13.0 Å². The molecule has 4 rings (SSSR count). The third-order valence-electron chi connectivity index (χ3n) is 5.35. The molecule has 0 bridgehead atoms. The smallest absolute Gasteiger partial charge is 0.254 e. The number of carbonyl (C=O) groups is 1. The standard InChI is InChI=1S/C26H25ClN4O3/c1-17-8-11-19(12-9-17)25-29-26(28-16-20-6-4-5-7-21(20)27)31(30-25)24(32)15-18-10-13-22(33-2)23(14-18)34-3/h4-14H,15-16H2,1-3H3,(H,28,29,30). The van der Waals surface area contributed by atoms with E-state index in [0.717, 1.165) is 22.3 Å². The number of aromatic nitrogens is 3. The minimum atomic E-state index is -0.236. The van der Waals surface area contributed by atoms with E-state index in [1.807, 2.05) is 61.5 Å². The SMILES string of the molecule is COc1ccc(CC(=O)n2nc(-c3ccc(C)cc3)nc2NCc2ccccc2Cl)cc1OC. The van der Waals surface area contributed by atoms with Crippen molar-refractivity contribution >= 4 is 23.5 Å². The molecule has 0 saturated carbocycles. The highest BCUT2D eigenvalue weighted by Gasteiger charge is 2.19. The predicted octanol–water partition coefficient (Wildman–Crippen LogP) is 5.42. The number of hydrogen-bond acceptors (Lipinski definition) is 6. The molecule has 0 spiro atoms. The summed E-state index contributed by atoms with van der Waals surface area (Å²) in [6, 6.07) is 20.8. The Morgan fingerprint density at radius 2 is 1.74 bits per heavy atom. The molecule has 1 heterocycles. The second-order valence-electron chi connectivity index (χ2n) is 7.74. The predicted molar refractivity (Wildman–Crippen MR) is 133 cm³/mol. The molecule has 0 saturated heterocycles. The number of methoxy groups -OCH3 is 2. The van der Waals surface area contributed by atoms with Crippen molar-refractivity contribution < 1.29 is 14.3 Å². The summed E-state index contributed by atoms with van der Waals surface area (Å²) in [5, 5.41) is 8.38. The molecular weight excluding hydrogens is 452 g/mol. The van der Waals surface area contributed by atoms with Gasteiger partial charge in [0.05, 0.1) is 20.6 Å². The van der Waals surface area contributed by atoms with E-state index in [0.29, 0.717) is 34.8 Å². The van der Waals surface area contributed by atoms with Crippen LogP contribution in [0.1, 0.15) is 21.5 Å². The summed E-state index contributed by atoms with van der Waals surface area (Å²) in [5.74, 6) is 1.73. The Balaban J connectivity index is 1.64. The molecular formula is C26H25ClN4O3. The van der Waals surface area contributed by atoms with E-state index in [-0.39, 0.29) is 12.3 Å². The van der Waals surface area contributed by atoms with Crippen molar-refractivity contribution in [3.05, 3.63) is 88.4 Å². The van der Waals surface area contributed by atoms with Crippen molar-refractivity contribution in [3.8, 4) is 22.9 Å². The maximum Gasteiger partial charge on any atom is 0.254 e. The van der Waals surface area contributed by atoms with E-state index in [1.165, 1.54) is 4.68 Å². The molecule has 34 heavy (non-hydrogen) atoms. The highest BCUT2D eigenvalue weighted by molar-refractivity contribution is 6.31. The molecule has 0 aliphatic carbocycles. The van der Waals surface area contributed by atoms with Gasteiger partial charge in [0.15, 0.2) is 17.3 Å². The summed E-state index contributed by atoms with van der Waals surface area (Å²) in [7, 11) is 3.13. The van der Waals surface area contributed by atoms with Gasteiger partial charge in [-0.15, -0.1) is 5.10 Å². The van der Waals surface area contributed by atoms with Gasteiger partial charge < -0.3 is 14.8 Å². The van der Waals surface area contributed by atoms with Gasteiger partial charge in [-0.05, 0) is 36.2 Å². The van der Waals surface area contributed by atoms with Gasteiger partial charge in [-0.1, -0.05) is 65.7 Å². The van der Waals surface area contributed by atoms with Crippen LogP contribution in [0.5, 0.6) is 11.5 Å². The monoisotopic (exact) mass is 476 g/mol. The van der Waals surface area contributed by atoms with Crippen molar-refractivity contribution in [2.24, 2.45) is 0 Å². The fourth-order valence-corrected chi connectivity index (χ4v) is 3.68. The fraction of sp³-hybridized carbons (Fsp3) is 0.192. The molecule has 0 radical (unpaired) electrons. The van der Waals surface area contributed by atoms with E-state index in [1.54, 1.807) is 26.4 Å². The molecule has 1 N–H and O–H groups in total. The zero-order valence-electron chi connectivity index (χ0n) is 19.2. The number of carbonyl (C=O) groups excluding carboxylic acids is 1. The molecule has 0 aliphatic heterocycles. The second kappa shape index (κ2) is 10.4. The molecule has 1 aromatic heterocycles. The Labute approximate surface area is 203 Å². The number of nitrogens with one attached hydrogen (secondary N) is 1. The molecule has 3 aromatic carbocycles. The van der Waals surface area contributed by atoms with Crippen molar-refractivity contribution in [1.82, 2.24) is 14.8 Å². The topological polar surface area (TPSA) is 78.3 Å². The van der Waals surface area contributed by atoms with Crippen LogP contribution >= 0.6 is 11.6 Å². The zero-order valence-corrected chi connectivity index (χ0v) is 20.0. The molecule has 8 heteroatoms. The van der Waals surface area contributed by atoms with Gasteiger partial charge in [-0.25, -0.2) is 0 Å². The van der Waals surface area contributed by atoms with Crippen LogP contribution in [0, 0.1) is 6.92 Å². The van der Waals surface area contributed by atoms with Crippen molar-refractivity contribution in [2.75, 3.05) is 19.5 Å². The fourth-order valence-electron chi connectivity index (χ4n) is 3.48. The Morgan fingerprint density at radius 3 is 2.44 bits per heavy atom. The summed E-state index contributed by atoms with van der Waals surface area (Å²) in [6.45, 7) is 2.41. The molecule has 7 nitrogen and oxygen atoms in total. The first-order valence-corrected chi connectivity index (χ1v) is 11.1. The van der Waals surface area contributed by atoms with E-state index < -0.39 is 0 Å². The first-order chi connectivity index (χ1) is 16.5. The third kappa shape index (κ3) is 5.21.